The summed E-state index contributed by atoms with van der Waals surface area (Å²) in [4.78, 5) is 37.2. The van der Waals surface area contributed by atoms with E-state index in [2.05, 4.69) is 20.4 Å². The lowest BCUT2D eigenvalue weighted by atomic mass is 9.44. The fourth-order valence-electron chi connectivity index (χ4n) is 6.69. The van der Waals surface area contributed by atoms with Gasteiger partial charge in [0.2, 0.25) is 11.6 Å². The minimum Gasteiger partial charge on any atom is -0.299 e. The summed E-state index contributed by atoms with van der Waals surface area (Å²) in [5.41, 5.74) is 1.45. The van der Waals surface area contributed by atoms with E-state index in [4.69, 9.17) is 0 Å². The van der Waals surface area contributed by atoms with Crippen molar-refractivity contribution < 1.29 is 14.4 Å². The molecule has 0 bridgehead atoms. The van der Waals surface area contributed by atoms with Gasteiger partial charge in [-0.2, -0.15) is 0 Å². The van der Waals surface area contributed by atoms with Gasteiger partial charge in [0.05, 0.1) is 5.92 Å². The molecule has 1 unspecified atom stereocenters. The quantitative estimate of drug-likeness (QED) is 0.504. The Morgan fingerprint density at radius 1 is 1.12 bits per heavy atom. The Bertz CT molecular complexity index is 715. The van der Waals surface area contributed by atoms with E-state index in [0.29, 0.717) is 30.0 Å². The molecule has 4 aliphatic rings. The maximum atomic E-state index is 12.6. The molecule has 3 saturated carbocycles. The summed E-state index contributed by atoms with van der Waals surface area (Å²) in [5, 5.41) is 0. The van der Waals surface area contributed by atoms with Gasteiger partial charge in [-0.15, -0.1) is 0 Å². The molecule has 4 rings (SSSR count). The van der Waals surface area contributed by atoms with E-state index in [-0.39, 0.29) is 28.3 Å². The minimum atomic E-state index is -0.369. The second-order valence-electron chi connectivity index (χ2n) is 8.93. The van der Waals surface area contributed by atoms with Crippen LogP contribution in [0.1, 0.15) is 52.9 Å². The third-order valence-corrected chi connectivity index (χ3v) is 8.12. The van der Waals surface area contributed by atoms with Crippen LogP contribution in [0.3, 0.4) is 0 Å². The molecule has 4 aliphatic carbocycles. The third kappa shape index (κ3) is 1.71. The van der Waals surface area contributed by atoms with Crippen LogP contribution in [0, 0.1) is 34.5 Å². The van der Waals surface area contributed by atoms with Gasteiger partial charge in [0, 0.05) is 17.3 Å². The number of Topliss-reactive ketones (excluding diaryl/α,β-unsaturated/α-hetero) is 2. The van der Waals surface area contributed by atoms with Crippen molar-refractivity contribution in [2.24, 2.45) is 34.5 Å². The Morgan fingerprint density at radius 3 is 2.54 bits per heavy atom. The van der Waals surface area contributed by atoms with Gasteiger partial charge < -0.3 is 0 Å². The second-order valence-corrected chi connectivity index (χ2v) is 8.93. The number of hydrogen-bond donors (Lipinski definition) is 0. The first kappa shape index (κ1) is 16.0. The number of fused-ring (bicyclic) bond motifs is 5. The van der Waals surface area contributed by atoms with Crippen LogP contribution in [-0.4, -0.2) is 17.3 Å². The molecular formula is C21H26O3. The molecule has 6 atom stereocenters. The predicted molar refractivity (Wildman–Crippen MR) is 91.2 cm³/mol. The Hall–Kier alpha value is -1.51. The van der Waals surface area contributed by atoms with Crippen molar-refractivity contribution in [3.05, 3.63) is 23.8 Å². The van der Waals surface area contributed by atoms with Crippen LogP contribution in [0.25, 0.3) is 0 Å². The third-order valence-electron chi connectivity index (χ3n) is 8.12. The predicted octanol–water partition coefficient (Wildman–Crippen LogP) is 3.68. The molecule has 0 saturated heterocycles. The number of rotatable bonds is 0. The van der Waals surface area contributed by atoms with E-state index in [1.54, 1.807) is 6.08 Å². The van der Waals surface area contributed by atoms with Crippen LogP contribution < -0.4 is 0 Å². The molecule has 3 fully saturated rings. The lowest BCUT2D eigenvalue weighted by Crippen LogP contribution is -2.56. The molecule has 0 aromatic carbocycles. The second kappa shape index (κ2) is 4.77. The van der Waals surface area contributed by atoms with E-state index in [0.717, 1.165) is 36.8 Å². The summed E-state index contributed by atoms with van der Waals surface area (Å²) in [6.07, 6.45) is 5.91. The Balaban J connectivity index is 1.82. The van der Waals surface area contributed by atoms with E-state index in [9.17, 15) is 14.4 Å². The zero-order valence-corrected chi connectivity index (χ0v) is 14.9. The Labute approximate surface area is 143 Å². The van der Waals surface area contributed by atoms with Crippen LogP contribution in [0.4, 0.5) is 0 Å². The SMILES string of the molecule is C=C1C[C@@H]2[C@H](CC[C@]3(C)C(=O)CC[C@@H]23)[C@@]2(C)C(C)=CC(=O)C(=O)C12. The molecule has 0 radical (unpaired) electrons. The molecule has 0 N–H and O–H groups in total. The molecule has 24 heavy (non-hydrogen) atoms. The number of carbonyl (C=O) groups is 3. The highest BCUT2D eigenvalue weighted by atomic mass is 16.2. The van der Waals surface area contributed by atoms with Crippen molar-refractivity contribution in [1.82, 2.24) is 0 Å². The summed E-state index contributed by atoms with van der Waals surface area (Å²) in [7, 11) is 0. The lowest BCUT2D eigenvalue weighted by molar-refractivity contribution is -0.144. The van der Waals surface area contributed by atoms with Crippen molar-refractivity contribution in [2.75, 3.05) is 0 Å². The zero-order valence-electron chi connectivity index (χ0n) is 14.9. The van der Waals surface area contributed by atoms with Gasteiger partial charge in [-0.05, 0) is 56.4 Å². The van der Waals surface area contributed by atoms with Crippen molar-refractivity contribution in [2.45, 2.75) is 52.9 Å². The summed E-state index contributed by atoms with van der Waals surface area (Å²) >= 11 is 0. The summed E-state index contributed by atoms with van der Waals surface area (Å²) < 4.78 is 0. The monoisotopic (exact) mass is 326 g/mol. The fourth-order valence-corrected chi connectivity index (χ4v) is 6.69. The first-order chi connectivity index (χ1) is 11.2. The van der Waals surface area contributed by atoms with Crippen LogP contribution in [-0.2, 0) is 14.4 Å². The highest BCUT2D eigenvalue weighted by Crippen LogP contribution is 2.66. The average molecular weight is 326 g/mol. The van der Waals surface area contributed by atoms with Gasteiger partial charge in [-0.25, -0.2) is 0 Å². The molecule has 0 heterocycles. The van der Waals surface area contributed by atoms with Gasteiger partial charge in [0.25, 0.3) is 0 Å². The molecular weight excluding hydrogens is 300 g/mol. The van der Waals surface area contributed by atoms with E-state index < -0.39 is 0 Å². The van der Waals surface area contributed by atoms with E-state index >= 15 is 0 Å². The molecule has 0 spiro atoms. The first-order valence-corrected chi connectivity index (χ1v) is 9.19. The van der Waals surface area contributed by atoms with Gasteiger partial charge >= 0.3 is 0 Å². The molecule has 0 aromatic heterocycles. The average Bonchev–Trinajstić information content (AvgIpc) is 2.81. The molecule has 128 valence electrons. The van der Waals surface area contributed by atoms with Gasteiger partial charge in [0.1, 0.15) is 5.78 Å². The highest BCUT2D eigenvalue weighted by molar-refractivity contribution is 6.44. The van der Waals surface area contributed by atoms with Crippen molar-refractivity contribution in [3.8, 4) is 0 Å². The standard InChI is InChI=1S/C21H26O3/c1-11-9-13-14-5-6-17(23)20(14,3)8-7-15(13)21(4)12(2)10-16(22)19(24)18(11)21/h10,13-15,18H,1,5-9H2,2-4H3/t13-,14-,15-,18?,20-,21+/m0/s1. The van der Waals surface area contributed by atoms with Gasteiger partial charge in [0.15, 0.2) is 0 Å². The Kier molecular flexibility index (Phi) is 3.18. The summed E-state index contributed by atoms with van der Waals surface area (Å²) in [6, 6.07) is 0. The van der Waals surface area contributed by atoms with Crippen LogP contribution in [0.15, 0.2) is 23.8 Å². The molecule has 0 aliphatic heterocycles. The number of carbonyl (C=O) groups excluding carboxylic acids is 3. The van der Waals surface area contributed by atoms with Gasteiger partial charge in [-0.1, -0.05) is 31.6 Å². The molecule has 0 aromatic rings. The number of ketones is 3. The van der Waals surface area contributed by atoms with Crippen LogP contribution in [0.5, 0.6) is 0 Å². The normalized spacial score (nSPS) is 47.9. The molecule has 0 amide bonds. The van der Waals surface area contributed by atoms with E-state index in [1.807, 2.05) is 6.92 Å². The zero-order chi connectivity index (χ0) is 17.4. The molecule has 3 nitrogen and oxygen atoms in total. The maximum Gasteiger partial charge on any atom is 0.222 e. The van der Waals surface area contributed by atoms with Crippen LogP contribution >= 0.6 is 0 Å². The first-order valence-electron chi connectivity index (χ1n) is 9.19. The van der Waals surface area contributed by atoms with Crippen molar-refractivity contribution >= 4 is 17.3 Å². The van der Waals surface area contributed by atoms with Crippen molar-refractivity contribution in [1.29, 1.82) is 0 Å². The highest BCUT2D eigenvalue weighted by Gasteiger charge is 2.63. The fraction of sp³-hybridized carbons (Fsp3) is 0.667. The largest absolute Gasteiger partial charge is 0.299 e. The number of hydrogen-bond acceptors (Lipinski definition) is 3. The maximum absolute atomic E-state index is 12.6. The Morgan fingerprint density at radius 2 is 1.83 bits per heavy atom. The van der Waals surface area contributed by atoms with Crippen molar-refractivity contribution in [3.63, 3.8) is 0 Å². The smallest absolute Gasteiger partial charge is 0.222 e. The lowest BCUT2D eigenvalue weighted by Gasteiger charge is -2.59. The van der Waals surface area contributed by atoms with Crippen LogP contribution in [0.2, 0.25) is 0 Å². The molecule has 3 heteroatoms. The summed E-state index contributed by atoms with van der Waals surface area (Å²) in [5.74, 6) is 0.592. The number of allylic oxidation sites excluding steroid dienone is 3. The van der Waals surface area contributed by atoms with Gasteiger partial charge in [-0.3, -0.25) is 14.4 Å². The van der Waals surface area contributed by atoms with E-state index in [1.165, 1.54) is 0 Å². The minimum absolute atomic E-state index is 0.184. The topological polar surface area (TPSA) is 51.2 Å². The summed E-state index contributed by atoms with van der Waals surface area (Å²) in [6.45, 7) is 10.5.